The SMILES string of the molecule is CC1CCC(Nc2cc3c(cc2Cl)NC(=O)CO3)C(C)C1. The van der Waals surface area contributed by atoms with Gasteiger partial charge in [0.25, 0.3) is 5.91 Å². The highest BCUT2D eigenvalue weighted by Gasteiger charge is 2.26. The lowest BCUT2D eigenvalue weighted by Gasteiger charge is -2.34. The highest BCUT2D eigenvalue weighted by atomic mass is 35.5. The predicted molar refractivity (Wildman–Crippen MR) is 85.2 cm³/mol. The monoisotopic (exact) mass is 308 g/mol. The molecule has 114 valence electrons. The molecule has 4 nitrogen and oxygen atoms in total. The minimum atomic E-state index is -0.144. The van der Waals surface area contributed by atoms with E-state index in [9.17, 15) is 4.79 Å². The Bertz CT molecular complexity index is 561. The first-order valence-electron chi connectivity index (χ1n) is 7.55. The standard InChI is InChI=1S/C16H21ClN2O2/c1-9-3-4-12(10(2)5-9)18-13-7-15-14(6-11(13)17)19-16(20)8-21-15/h6-7,9-10,12,18H,3-5,8H2,1-2H3,(H,19,20). The van der Waals surface area contributed by atoms with Crippen LogP contribution in [0, 0.1) is 11.8 Å². The normalized spacial score (nSPS) is 28.3. The summed E-state index contributed by atoms with van der Waals surface area (Å²) in [5.41, 5.74) is 1.53. The van der Waals surface area contributed by atoms with Gasteiger partial charge in [-0.2, -0.15) is 0 Å². The molecule has 0 bridgehead atoms. The maximum absolute atomic E-state index is 11.3. The van der Waals surface area contributed by atoms with E-state index in [2.05, 4.69) is 24.5 Å². The molecule has 0 saturated heterocycles. The fraction of sp³-hybridized carbons (Fsp3) is 0.562. The molecule has 0 aromatic heterocycles. The van der Waals surface area contributed by atoms with Crippen LogP contribution >= 0.6 is 11.6 Å². The van der Waals surface area contributed by atoms with E-state index < -0.39 is 0 Å². The van der Waals surface area contributed by atoms with E-state index in [0.29, 0.717) is 28.4 Å². The molecule has 21 heavy (non-hydrogen) atoms. The molecule has 1 saturated carbocycles. The Morgan fingerprint density at radius 2 is 2.14 bits per heavy atom. The van der Waals surface area contributed by atoms with Crippen LogP contribution in [-0.4, -0.2) is 18.6 Å². The summed E-state index contributed by atoms with van der Waals surface area (Å²) in [7, 11) is 0. The van der Waals surface area contributed by atoms with Crippen molar-refractivity contribution < 1.29 is 9.53 Å². The van der Waals surface area contributed by atoms with Crippen LogP contribution in [0.15, 0.2) is 12.1 Å². The van der Waals surface area contributed by atoms with Gasteiger partial charge in [-0.05, 0) is 37.2 Å². The van der Waals surface area contributed by atoms with Crippen LogP contribution in [0.25, 0.3) is 0 Å². The van der Waals surface area contributed by atoms with Crippen molar-refractivity contribution in [2.75, 3.05) is 17.2 Å². The Kier molecular flexibility index (Phi) is 3.98. The van der Waals surface area contributed by atoms with E-state index in [1.54, 1.807) is 6.07 Å². The maximum atomic E-state index is 11.3. The van der Waals surface area contributed by atoms with Gasteiger partial charge in [0.05, 0.1) is 16.4 Å². The molecule has 2 aliphatic rings. The number of benzene rings is 1. The lowest BCUT2D eigenvalue weighted by atomic mass is 9.80. The first-order chi connectivity index (χ1) is 10.0. The molecular formula is C16H21ClN2O2. The molecule has 1 aromatic carbocycles. The molecule has 3 atom stereocenters. The van der Waals surface area contributed by atoms with Crippen LogP contribution in [-0.2, 0) is 4.79 Å². The third-order valence-electron chi connectivity index (χ3n) is 4.47. The van der Waals surface area contributed by atoms with Gasteiger partial charge in [0.2, 0.25) is 0 Å². The Balaban J connectivity index is 1.78. The van der Waals surface area contributed by atoms with Crippen molar-refractivity contribution in [1.29, 1.82) is 0 Å². The highest BCUT2D eigenvalue weighted by Crippen LogP contribution is 2.38. The van der Waals surface area contributed by atoms with Crippen molar-refractivity contribution >= 4 is 28.9 Å². The van der Waals surface area contributed by atoms with E-state index in [4.69, 9.17) is 16.3 Å². The number of halogens is 1. The Hall–Kier alpha value is -1.42. The van der Waals surface area contributed by atoms with Gasteiger partial charge in [0.15, 0.2) is 6.61 Å². The molecule has 0 spiro atoms. The Morgan fingerprint density at radius 1 is 1.33 bits per heavy atom. The van der Waals surface area contributed by atoms with E-state index in [0.717, 1.165) is 18.0 Å². The molecule has 1 heterocycles. The Labute approximate surface area is 130 Å². The van der Waals surface area contributed by atoms with E-state index in [1.165, 1.54) is 12.8 Å². The average molecular weight is 309 g/mol. The van der Waals surface area contributed by atoms with Crippen LogP contribution in [0.1, 0.15) is 33.1 Å². The molecule has 0 radical (unpaired) electrons. The van der Waals surface area contributed by atoms with Gasteiger partial charge < -0.3 is 15.4 Å². The van der Waals surface area contributed by atoms with Crippen molar-refractivity contribution in [3.8, 4) is 5.75 Å². The average Bonchev–Trinajstić information content (AvgIpc) is 2.42. The van der Waals surface area contributed by atoms with Gasteiger partial charge in [-0.1, -0.05) is 25.4 Å². The minimum Gasteiger partial charge on any atom is -0.482 e. The molecule has 5 heteroatoms. The smallest absolute Gasteiger partial charge is 0.262 e. The summed E-state index contributed by atoms with van der Waals surface area (Å²) in [6, 6.07) is 4.09. The zero-order valence-electron chi connectivity index (χ0n) is 12.4. The van der Waals surface area contributed by atoms with Crippen molar-refractivity contribution in [3.05, 3.63) is 17.2 Å². The second kappa shape index (κ2) is 5.76. The number of hydrogen-bond donors (Lipinski definition) is 2. The van der Waals surface area contributed by atoms with Gasteiger partial charge in [-0.3, -0.25) is 4.79 Å². The second-order valence-electron chi connectivity index (χ2n) is 6.31. The summed E-state index contributed by atoms with van der Waals surface area (Å²) in [6.07, 6.45) is 3.65. The van der Waals surface area contributed by atoms with Gasteiger partial charge >= 0.3 is 0 Å². The van der Waals surface area contributed by atoms with E-state index in [-0.39, 0.29) is 12.5 Å². The summed E-state index contributed by atoms with van der Waals surface area (Å²) in [5.74, 6) is 1.96. The summed E-state index contributed by atoms with van der Waals surface area (Å²) in [5, 5.41) is 6.94. The topological polar surface area (TPSA) is 50.4 Å². The minimum absolute atomic E-state index is 0.0609. The maximum Gasteiger partial charge on any atom is 0.262 e. The number of rotatable bonds is 2. The number of fused-ring (bicyclic) bond motifs is 1. The van der Waals surface area contributed by atoms with Crippen LogP contribution < -0.4 is 15.4 Å². The van der Waals surface area contributed by atoms with Crippen LogP contribution in [0.3, 0.4) is 0 Å². The number of carbonyl (C=O) groups excluding carboxylic acids is 1. The molecule has 1 aliphatic heterocycles. The van der Waals surface area contributed by atoms with E-state index >= 15 is 0 Å². The molecule has 1 aromatic rings. The van der Waals surface area contributed by atoms with Gasteiger partial charge in [0.1, 0.15) is 5.75 Å². The van der Waals surface area contributed by atoms with Crippen molar-refractivity contribution in [2.24, 2.45) is 11.8 Å². The summed E-state index contributed by atoms with van der Waals surface area (Å²) in [6.45, 7) is 4.66. The summed E-state index contributed by atoms with van der Waals surface area (Å²) >= 11 is 6.34. The molecule has 2 N–H and O–H groups in total. The number of amides is 1. The number of carbonyl (C=O) groups is 1. The molecule has 3 unspecified atom stereocenters. The summed E-state index contributed by atoms with van der Waals surface area (Å²) in [4.78, 5) is 11.3. The van der Waals surface area contributed by atoms with Crippen molar-refractivity contribution in [1.82, 2.24) is 0 Å². The Morgan fingerprint density at radius 3 is 2.90 bits per heavy atom. The molecule has 1 aliphatic carbocycles. The van der Waals surface area contributed by atoms with Crippen LogP contribution in [0.2, 0.25) is 5.02 Å². The van der Waals surface area contributed by atoms with Gasteiger partial charge in [0, 0.05) is 12.1 Å². The quantitative estimate of drug-likeness (QED) is 0.871. The largest absolute Gasteiger partial charge is 0.482 e. The number of ether oxygens (including phenoxy) is 1. The zero-order valence-corrected chi connectivity index (χ0v) is 13.2. The zero-order chi connectivity index (χ0) is 15.0. The highest BCUT2D eigenvalue weighted by molar-refractivity contribution is 6.33. The second-order valence-corrected chi connectivity index (χ2v) is 6.72. The summed E-state index contributed by atoms with van der Waals surface area (Å²) < 4.78 is 5.45. The number of nitrogens with one attached hydrogen (secondary N) is 2. The molecule has 1 amide bonds. The molecular weight excluding hydrogens is 288 g/mol. The fourth-order valence-corrected chi connectivity index (χ4v) is 3.51. The van der Waals surface area contributed by atoms with Gasteiger partial charge in [-0.15, -0.1) is 0 Å². The molecule has 1 fully saturated rings. The van der Waals surface area contributed by atoms with Crippen molar-refractivity contribution in [2.45, 2.75) is 39.2 Å². The van der Waals surface area contributed by atoms with E-state index in [1.807, 2.05) is 6.07 Å². The third-order valence-corrected chi connectivity index (χ3v) is 4.79. The first kappa shape index (κ1) is 14.5. The lowest BCUT2D eigenvalue weighted by Crippen LogP contribution is -2.33. The third kappa shape index (κ3) is 3.10. The number of hydrogen-bond acceptors (Lipinski definition) is 3. The van der Waals surface area contributed by atoms with Crippen LogP contribution in [0.4, 0.5) is 11.4 Å². The molecule has 3 rings (SSSR count). The first-order valence-corrected chi connectivity index (χ1v) is 7.93. The van der Waals surface area contributed by atoms with Crippen LogP contribution in [0.5, 0.6) is 5.75 Å². The fourth-order valence-electron chi connectivity index (χ4n) is 3.29. The van der Waals surface area contributed by atoms with Crippen molar-refractivity contribution in [3.63, 3.8) is 0 Å². The predicted octanol–water partition coefficient (Wildman–Crippen LogP) is 3.91. The lowest BCUT2D eigenvalue weighted by molar-refractivity contribution is -0.118. The number of anilines is 2. The van der Waals surface area contributed by atoms with Gasteiger partial charge in [-0.25, -0.2) is 0 Å².